The molecule has 0 bridgehead atoms. The fourth-order valence-electron chi connectivity index (χ4n) is 3.78. The van der Waals surface area contributed by atoms with Crippen molar-refractivity contribution in [1.29, 1.82) is 0 Å². The molecular weight excluding hydrogens is 647 g/mol. The van der Waals surface area contributed by atoms with E-state index in [0.717, 1.165) is 44.9 Å². The summed E-state index contributed by atoms with van der Waals surface area (Å²) in [5.74, 6) is -1.05. The Morgan fingerprint density at radius 1 is 0.612 bits per heavy atom. The van der Waals surface area contributed by atoms with Crippen molar-refractivity contribution < 1.29 is 47.8 Å². The molecule has 0 aromatic heterocycles. The van der Waals surface area contributed by atoms with Gasteiger partial charge in [0.1, 0.15) is 12.7 Å². The van der Waals surface area contributed by atoms with Gasteiger partial charge in [-0.2, -0.15) is 0 Å². The van der Waals surface area contributed by atoms with Gasteiger partial charge >= 0.3 is 19.8 Å². The Balaban J connectivity index is 4.61. The monoisotopic (exact) mass is 706 g/mol. The highest BCUT2D eigenvalue weighted by Crippen LogP contribution is 2.43. The summed E-state index contributed by atoms with van der Waals surface area (Å²) < 4.78 is 32.4. The van der Waals surface area contributed by atoms with E-state index in [-0.39, 0.29) is 19.4 Å². The smallest absolute Gasteiger partial charge is 0.462 e. The molecule has 0 saturated carbocycles. The van der Waals surface area contributed by atoms with Crippen molar-refractivity contribution in [3.05, 3.63) is 97.2 Å². The Morgan fingerprint density at radius 3 is 1.65 bits per heavy atom. The van der Waals surface area contributed by atoms with Gasteiger partial charge < -0.3 is 24.6 Å². The van der Waals surface area contributed by atoms with Crippen molar-refractivity contribution >= 4 is 19.8 Å². The van der Waals surface area contributed by atoms with Crippen molar-refractivity contribution in [2.45, 2.75) is 103 Å². The number of unbranched alkanes of at least 4 members (excludes halogenated alkanes) is 6. The third-order valence-corrected chi connectivity index (χ3v) is 7.37. The Kier molecular flexibility index (Phi) is 31.3. The molecule has 0 saturated heterocycles. The fraction of sp³-hybridized carbons (Fsp3) is 0.526. The molecule has 0 spiro atoms. The van der Waals surface area contributed by atoms with Gasteiger partial charge in [0, 0.05) is 12.8 Å². The second-order valence-electron chi connectivity index (χ2n) is 11.0. The Labute approximate surface area is 293 Å². The highest BCUT2D eigenvalue weighted by atomic mass is 31.2. The number of carbonyl (C=O) groups is 2. The van der Waals surface area contributed by atoms with Crippen molar-refractivity contribution in [2.24, 2.45) is 0 Å². The van der Waals surface area contributed by atoms with Crippen LogP contribution in [0.15, 0.2) is 97.2 Å². The van der Waals surface area contributed by atoms with Crippen LogP contribution in [0.5, 0.6) is 0 Å². The fourth-order valence-corrected chi connectivity index (χ4v) is 4.57. The van der Waals surface area contributed by atoms with E-state index in [1.54, 1.807) is 0 Å². The number of hydrogen-bond acceptors (Lipinski definition) is 9. The first-order chi connectivity index (χ1) is 23.7. The molecule has 0 aliphatic carbocycles. The molecule has 10 nitrogen and oxygen atoms in total. The number of phosphoric acid groups is 1. The summed E-state index contributed by atoms with van der Waals surface area (Å²) in [5, 5.41) is 18.2. The van der Waals surface area contributed by atoms with Gasteiger partial charge in [-0.25, -0.2) is 4.57 Å². The maximum atomic E-state index is 12.5. The van der Waals surface area contributed by atoms with E-state index in [0.29, 0.717) is 19.3 Å². The molecule has 0 aliphatic rings. The second-order valence-corrected chi connectivity index (χ2v) is 12.4. The molecule has 0 amide bonds. The minimum atomic E-state index is -4.64. The van der Waals surface area contributed by atoms with Gasteiger partial charge in [-0.05, 0) is 44.9 Å². The van der Waals surface area contributed by atoms with Gasteiger partial charge in [-0.15, -0.1) is 0 Å². The number of allylic oxidation sites excluding steroid dienone is 16. The Bertz CT molecular complexity index is 1130. The number of esters is 2. The van der Waals surface area contributed by atoms with Crippen LogP contribution in [0.1, 0.15) is 90.9 Å². The van der Waals surface area contributed by atoms with Crippen LogP contribution in [0.3, 0.4) is 0 Å². The molecule has 0 fully saturated rings. The zero-order valence-corrected chi connectivity index (χ0v) is 30.2. The van der Waals surface area contributed by atoms with Crippen LogP contribution in [0.2, 0.25) is 0 Å². The quantitative estimate of drug-likeness (QED) is 0.0290. The molecule has 2 unspecified atom stereocenters. The van der Waals surface area contributed by atoms with Gasteiger partial charge in [0.25, 0.3) is 0 Å². The van der Waals surface area contributed by atoms with Crippen LogP contribution >= 0.6 is 7.82 Å². The van der Waals surface area contributed by atoms with Crippen molar-refractivity contribution in [1.82, 2.24) is 0 Å². The zero-order valence-electron chi connectivity index (χ0n) is 29.4. The van der Waals surface area contributed by atoms with Crippen molar-refractivity contribution in [3.8, 4) is 0 Å². The summed E-state index contributed by atoms with van der Waals surface area (Å²) in [6.07, 6.45) is 38.3. The van der Waals surface area contributed by atoms with Gasteiger partial charge in [0.2, 0.25) is 0 Å². The Morgan fingerprint density at radius 2 is 1.08 bits per heavy atom. The highest BCUT2D eigenvalue weighted by Gasteiger charge is 2.27. The van der Waals surface area contributed by atoms with E-state index in [4.69, 9.17) is 19.1 Å². The number of aliphatic hydroxyl groups excluding tert-OH is 2. The van der Waals surface area contributed by atoms with Crippen molar-refractivity contribution in [3.63, 3.8) is 0 Å². The van der Waals surface area contributed by atoms with E-state index in [2.05, 4.69) is 36.6 Å². The summed E-state index contributed by atoms with van der Waals surface area (Å²) in [6, 6.07) is 0. The average Bonchev–Trinajstić information content (AvgIpc) is 3.09. The van der Waals surface area contributed by atoms with Gasteiger partial charge in [-0.3, -0.25) is 18.6 Å². The number of phosphoric ester groups is 1. The summed E-state index contributed by atoms with van der Waals surface area (Å²) in [6.45, 7) is 1.93. The maximum Gasteiger partial charge on any atom is 0.472 e. The third-order valence-electron chi connectivity index (χ3n) is 6.42. The molecule has 0 aliphatic heterocycles. The first-order valence-electron chi connectivity index (χ1n) is 17.3. The lowest BCUT2D eigenvalue weighted by Gasteiger charge is -2.20. The zero-order chi connectivity index (χ0) is 36.3. The summed E-state index contributed by atoms with van der Waals surface area (Å²) in [5.41, 5.74) is 0. The molecule has 49 heavy (non-hydrogen) atoms. The van der Waals surface area contributed by atoms with Gasteiger partial charge in [0.05, 0.1) is 19.8 Å². The van der Waals surface area contributed by atoms with Crippen LogP contribution in [0.25, 0.3) is 0 Å². The van der Waals surface area contributed by atoms with E-state index < -0.39 is 51.8 Å². The molecule has 0 radical (unpaired) electrons. The lowest BCUT2D eigenvalue weighted by atomic mass is 10.1. The SMILES string of the molecule is CC/C=C/C=C/C=C/C=C/C=C/CCCC(=O)OCC(COP(=O)(O)OC[C@@H](O)CO)OC(=O)CCCCCCC/C=C/C=C/C=C/CC. The van der Waals surface area contributed by atoms with E-state index in [1.165, 1.54) is 0 Å². The molecular formula is C38H59O10P. The van der Waals surface area contributed by atoms with Crippen LogP contribution < -0.4 is 0 Å². The van der Waals surface area contributed by atoms with Crippen LogP contribution in [-0.4, -0.2) is 65.7 Å². The predicted molar refractivity (Wildman–Crippen MR) is 196 cm³/mol. The van der Waals surface area contributed by atoms with Crippen molar-refractivity contribution in [2.75, 3.05) is 26.4 Å². The number of carbonyl (C=O) groups excluding carboxylic acids is 2. The summed E-state index contributed by atoms with van der Waals surface area (Å²) in [4.78, 5) is 34.7. The molecule has 3 N–H and O–H groups in total. The number of hydrogen-bond donors (Lipinski definition) is 3. The van der Waals surface area contributed by atoms with E-state index in [9.17, 15) is 24.2 Å². The topological polar surface area (TPSA) is 149 Å². The normalized spacial score (nSPS) is 15.3. The van der Waals surface area contributed by atoms with Crippen LogP contribution in [-0.2, 0) is 32.7 Å². The number of ether oxygens (including phenoxy) is 2. The Hall–Kier alpha value is -3.11. The molecule has 0 aromatic carbocycles. The second kappa shape index (κ2) is 33.4. The molecule has 0 rings (SSSR count). The lowest BCUT2D eigenvalue weighted by molar-refractivity contribution is -0.161. The first kappa shape index (κ1) is 45.9. The number of aliphatic hydroxyl groups is 2. The minimum Gasteiger partial charge on any atom is -0.462 e. The maximum absolute atomic E-state index is 12.5. The minimum absolute atomic E-state index is 0.134. The molecule has 0 aromatic rings. The van der Waals surface area contributed by atoms with Crippen LogP contribution in [0, 0.1) is 0 Å². The van der Waals surface area contributed by atoms with Crippen LogP contribution in [0.4, 0.5) is 0 Å². The summed E-state index contributed by atoms with van der Waals surface area (Å²) in [7, 11) is -4.64. The van der Waals surface area contributed by atoms with Gasteiger partial charge in [-0.1, -0.05) is 130 Å². The average molecular weight is 707 g/mol. The summed E-state index contributed by atoms with van der Waals surface area (Å²) >= 11 is 0. The van der Waals surface area contributed by atoms with Gasteiger partial charge in [0.15, 0.2) is 6.10 Å². The molecule has 3 atom stereocenters. The largest absolute Gasteiger partial charge is 0.472 e. The highest BCUT2D eigenvalue weighted by molar-refractivity contribution is 7.47. The first-order valence-corrected chi connectivity index (χ1v) is 18.8. The molecule has 276 valence electrons. The standard InChI is InChI=1S/C38H59O10P/c1-3-5-7-9-11-13-15-17-19-21-23-25-27-29-37(41)45-33-36(34-47-49(43,44)46-32-35(40)31-39)48-38(42)30-28-26-24-22-20-18-16-14-12-10-8-6-4-2/h5-17,19,21,23,35-36,39-40H,3-4,18,20,22,24-34H2,1-2H3,(H,43,44)/b7-5+,8-6+,11-9+,12-10+,15-13+,16-14+,19-17+,23-21+/t35-,36?/m0/s1. The lowest BCUT2D eigenvalue weighted by Crippen LogP contribution is -2.29. The van der Waals surface area contributed by atoms with E-state index >= 15 is 0 Å². The predicted octanol–water partition coefficient (Wildman–Crippen LogP) is 8.10. The van der Waals surface area contributed by atoms with E-state index in [1.807, 2.05) is 79.0 Å². The molecule has 0 heterocycles. The number of rotatable bonds is 30. The molecule has 11 heteroatoms. The third kappa shape index (κ3) is 33.2.